The van der Waals surface area contributed by atoms with E-state index >= 15 is 0 Å². The minimum atomic E-state index is -3.85. The third-order valence-electron chi connectivity index (χ3n) is 2.06. The first-order chi connectivity index (χ1) is 8.49. The largest absolute Gasteiger partial charge is 0.398 e. The number of sulfonamides is 1. The number of rotatable bonds is 3. The number of nitrogens with zero attached hydrogens (tertiary/aromatic N) is 2. The number of benzene rings is 1. The highest BCUT2D eigenvalue weighted by molar-refractivity contribution is 7.92. The molecule has 8 heteroatoms. The summed E-state index contributed by atoms with van der Waals surface area (Å²) in [6.45, 7) is 0. The lowest BCUT2D eigenvalue weighted by molar-refractivity contribution is 0.601. The highest BCUT2D eigenvalue weighted by Gasteiger charge is 2.19. The van der Waals surface area contributed by atoms with Crippen molar-refractivity contribution in [1.29, 1.82) is 0 Å². The van der Waals surface area contributed by atoms with Crippen molar-refractivity contribution in [2.45, 2.75) is 4.90 Å². The minimum Gasteiger partial charge on any atom is -0.398 e. The normalized spacial score (nSPS) is 11.2. The first-order valence-corrected chi connectivity index (χ1v) is 6.70. The molecule has 0 atom stereocenters. The van der Waals surface area contributed by atoms with Crippen LogP contribution in [-0.2, 0) is 10.0 Å². The van der Waals surface area contributed by atoms with Gasteiger partial charge in [0, 0.05) is 17.4 Å². The van der Waals surface area contributed by atoms with E-state index in [4.69, 9.17) is 17.3 Å². The van der Waals surface area contributed by atoms with Crippen molar-refractivity contribution >= 4 is 33.3 Å². The van der Waals surface area contributed by atoms with Gasteiger partial charge in [-0.2, -0.15) is 0 Å². The van der Waals surface area contributed by atoms with Crippen LogP contribution in [0.1, 0.15) is 0 Å². The van der Waals surface area contributed by atoms with Crippen molar-refractivity contribution in [3.05, 3.63) is 41.7 Å². The zero-order valence-corrected chi connectivity index (χ0v) is 10.6. The molecule has 0 spiro atoms. The van der Waals surface area contributed by atoms with Crippen LogP contribution < -0.4 is 10.5 Å². The molecule has 1 aromatic carbocycles. The van der Waals surface area contributed by atoms with Crippen LogP contribution in [0, 0.1) is 0 Å². The summed E-state index contributed by atoms with van der Waals surface area (Å²) in [6, 6.07) is 5.77. The van der Waals surface area contributed by atoms with E-state index in [1.807, 2.05) is 0 Å². The summed E-state index contributed by atoms with van der Waals surface area (Å²) in [7, 11) is -3.85. The van der Waals surface area contributed by atoms with Gasteiger partial charge >= 0.3 is 0 Å². The van der Waals surface area contributed by atoms with Gasteiger partial charge in [0.1, 0.15) is 4.90 Å². The summed E-state index contributed by atoms with van der Waals surface area (Å²) >= 11 is 5.75. The molecule has 0 aliphatic carbocycles. The van der Waals surface area contributed by atoms with Gasteiger partial charge in [-0.25, -0.2) is 23.1 Å². The molecule has 3 N–H and O–H groups in total. The Morgan fingerprint density at radius 2 is 1.89 bits per heavy atom. The van der Waals surface area contributed by atoms with Gasteiger partial charge in [0.2, 0.25) is 5.95 Å². The van der Waals surface area contributed by atoms with Gasteiger partial charge in [0.25, 0.3) is 10.0 Å². The van der Waals surface area contributed by atoms with Gasteiger partial charge in [0.05, 0.1) is 5.69 Å². The van der Waals surface area contributed by atoms with Crippen LogP contribution >= 0.6 is 11.6 Å². The summed E-state index contributed by atoms with van der Waals surface area (Å²) in [5, 5.41) is 0.276. The standard InChI is InChI=1S/C10H9ClN4O2S/c11-7-2-3-8(12)9(6-7)18(16,17)15-10-13-4-1-5-14-10/h1-6H,12H2,(H,13,14,15). The topological polar surface area (TPSA) is 98.0 Å². The van der Waals surface area contributed by atoms with E-state index < -0.39 is 10.0 Å². The number of halogens is 1. The first-order valence-electron chi connectivity index (χ1n) is 4.84. The molecule has 1 heterocycles. The maximum absolute atomic E-state index is 12.0. The third kappa shape index (κ3) is 2.69. The predicted octanol–water partition coefficient (Wildman–Crippen LogP) is 1.51. The van der Waals surface area contributed by atoms with Gasteiger partial charge in [-0.3, -0.25) is 0 Å². The molecule has 0 aliphatic rings. The molecule has 0 amide bonds. The average molecular weight is 285 g/mol. The Morgan fingerprint density at radius 3 is 2.56 bits per heavy atom. The van der Waals surface area contributed by atoms with Crippen LogP contribution in [-0.4, -0.2) is 18.4 Å². The van der Waals surface area contributed by atoms with Crippen LogP contribution in [0.15, 0.2) is 41.6 Å². The monoisotopic (exact) mass is 284 g/mol. The quantitative estimate of drug-likeness (QED) is 0.833. The zero-order valence-electron chi connectivity index (χ0n) is 9.04. The Balaban J connectivity index is 2.40. The van der Waals surface area contributed by atoms with Crippen molar-refractivity contribution in [3.8, 4) is 0 Å². The maximum Gasteiger partial charge on any atom is 0.266 e. The van der Waals surface area contributed by atoms with Gasteiger partial charge < -0.3 is 5.73 Å². The smallest absolute Gasteiger partial charge is 0.266 e. The summed E-state index contributed by atoms with van der Waals surface area (Å²) < 4.78 is 26.3. The van der Waals surface area contributed by atoms with Crippen LogP contribution in [0.4, 0.5) is 11.6 Å². The molecule has 2 rings (SSSR count). The van der Waals surface area contributed by atoms with Crippen molar-refractivity contribution in [2.75, 3.05) is 10.5 Å². The molecule has 2 aromatic rings. The fourth-order valence-electron chi connectivity index (χ4n) is 1.27. The molecular formula is C10H9ClN4O2S. The lowest BCUT2D eigenvalue weighted by Gasteiger charge is -2.08. The third-order valence-corrected chi connectivity index (χ3v) is 3.68. The van der Waals surface area contributed by atoms with Crippen LogP contribution in [0.2, 0.25) is 5.02 Å². The molecule has 1 aromatic heterocycles. The Morgan fingerprint density at radius 1 is 1.22 bits per heavy atom. The minimum absolute atomic E-state index is 0.0307. The lowest BCUT2D eigenvalue weighted by atomic mass is 10.3. The van der Waals surface area contributed by atoms with Crippen molar-refractivity contribution in [2.24, 2.45) is 0 Å². The molecule has 0 fully saturated rings. The second kappa shape index (κ2) is 4.79. The lowest BCUT2D eigenvalue weighted by Crippen LogP contribution is -2.16. The van der Waals surface area contributed by atoms with E-state index in [-0.39, 0.29) is 21.6 Å². The van der Waals surface area contributed by atoms with Crippen molar-refractivity contribution in [1.82, 2.24) is 9.97 Å². The van der Waals surface area contributed by atoms with Crippen LogP contribution in [0.25, 0.3) is 0 Å². The Labute approximate surface area is 109 Å². The fraction of sp³-hybridized carbons (Fsp3) is 0. The van der Waals surface area contributed by atoms with E-state index in [0.717, 1.165) is 0 Å². The summed E-state index contributed by atoms with van der Waals surface area (Å²) in [5.41, 5.74) is 5.71. The molecule has 6 nitrogen and oxygen atoms in total. The number of hydrogen-bond donors (Lipinski definition) is 2. The van der Waals surface area contributed by atoms with Gasteiger partial charge in [0.15, 0.2) is 0 Å². The summed E-state index contributed by atoms with van der Waals surface area (Å²) in [4.78, 5) is 7.42. The molecule has 0 radical (unpaired) electrons. The van der Waals surface area contributed by atoms with E-state index in [0.29, 0.717) is 0 Å². The Bertz CT molecular complexity index is 661. The fourth-order valence-corrected chi connectivity index (χ4v) is 2.62. The molecule has 0 saturated heterocycles. The number of aromatic nitrogens is 2. The second-order valence-corrected chi connectivity index (χ2v) is 5.45. The number of nitrogens with one attached hydrogen (secondary N) is 1. The molecule has 0 saturated carbocycles. The molecule has 0 unspecified atom stereocenters. The summed E-state index contributed by atoms with van der Waals surface area (Å²) in [6.07, 6.45) is 2.85. The molecule has 0 bridgehead atoms. The van der Waals surface area contributed by atoms with E-state index in [1.165, 1.54) is 30.6 Å². The van der Waals surface area contributed by atoms with E-state index in [2.05, 4.69) is 14.7 Å². The van der Waals surface area contributed by atoms with E-state index in [9.17, 15) is 8.42 Å². The SMILES string of the molecule is Nc1ccc(Cl)cc1S(=O)(=O)Nc1ncccn1. The van der Waals surface area contributed by atoms with Crippen molar-refractivity contribution in [3.63, 3.8) is 0 Å². The summed E-state index contributed by atoms with van der Waals surface area (Å²) in [5.74, 6) is -0.0307. The van der Waals surface area contributed by atoms with Crippen molar-refractivity contribution < 1.29 is 8.42 Å². The highest BCUT2D eigenvalue weighted by Crippen LogP contribution is 2.23. The molecular weight excluding hydrogens is 276 g/mol. The van der Waals surface area contributed by atoms with E-state index in [1.54, 1.807) is 6.07 Å². The zero-order chi connectivity index (χ0) is 13.2. The van der Waals surface area contributed by atoms with Gasteiger partial charge in [-0.05, 0) is 24.3 Å². The number of hydrogen-bond acceptors (Lipinski definition) is 5. The Kier molecular flexibility index (Phi) is 3.35. The molecule has 94 valence electrons. The molecule has 0 aliphatic heterocycles. The van der Waals surface area contributed by atoms with Gasteiger partial charge in [-0.15, -0.1) is 0 Å². The number of nitrogens with two attached hydrogens (primary N) is 1. The van der Waals surface area contributed by atoms with Crippen LogP contribution in [0.5, 0.6) is 0 Å². The first kappa shape index (κ1) is 12.6. The van der Waals surface area contributed by atoms with Gasteiger partial charge in [-0.1, -0.05) is 11.6 Å². The number of nitrogen functional groups attached to an aromatic ring is 1. The average Bonchev–Trinajstić information content (AvgIpc) is 2.33. The second-order valence-electron chi connectivity index (χ2n) is 3.36. The Hall–Kier alpha value is -1.86. The molecule has 18 heavy (non-hydrogen) atoms. The maximum atomic E-state index is 12.0. The number of anilines is 2. The highest BCUT2D eigenvalue weighted by atomic mass is 35.5. The van der Waals surface area contributed by atoms with Crippen LogP contribution in [0.3, 0.4) is 0 Å². The predicted molar refractivity (Wildman–Crippen MR) is 68.7 cm³/mol.